The number of amides is 1. The number of nitrogens with one attached hydrogen (secondary N) is 1. The summed E-state index contributed by atoms with van der Waals surface area (Å²) in [6.45, 7) is 0.130. The zero-order valence-electron chi connectivity index (χ0n) is 19.1. The van der Waals surface area contributed by atoms with Gasteiger partial charge in [0.05, 0.1) is 10.6 Å². The molecule has 2 aromatic carbocycles. The Morgan fingerprint density at radius 3 is 2.47 bits per heavy atom. The number of carboxylic acid groups (broad SMARTS) is 1. The zero-order valence-corrected chi connectivity index (χ0v) is 20.8. The molecule has 1 unspecified atom stereocenters. The highest BCUT2D eigenvalue weighted by Crippen LogP contribution is 2.44. The van der Waals surface area contributed by atoms with E-state index in [1.807, 2.05) is 53.9 Å². The van der Waals surface area contributed by atoms with Crippen molar-refractivity contribution in [3.05, 3.63) is 83.1 Å². The van der Waals surface area contributed by atoms with Crippen LogP contribution in [0, 0.1) is 0 Å². The molecule has 5 rings (SSSR count). The molecule has 184 valence electrons. The quantitative estimate of drug-likeness (QED) is 0.266. The van der Waals surface area contributed by atoms with E-state index in [4.69, 9.17) is 9.26 Å². The van der Waals surface area contributed by atoms with E-state index in [-0.39, 0.29) is 18.9 Å². The smallest absolute Gasteiger partial charge is 0.407 e. The van der Waals surface area contributed by atoms with Gasteiger partial charge in [-0.1, -0.05) is 59.8 Å². The fraction of sp³-hybridized carbons (Fsp3) is 0.231. The molecule has 10 heteroatoms. The van der Waals surface area contributed by atoms with Crippen molar-refractivity contribution in [2.45, 2.75) is 24.1 Å². The second-order valence-corrected chi connectivity index (χ2v) is 10.2. The minimum Gasteiger partial charge on any atom is -0.480 e. The highest BCUT2D eigenvalue weighted by Gasteiger charge is 2.29. The van der Waals surface area contributed by atoms with Crippen LogP contribution in [0.3, 0.4) is 0 Å². The number of carbonyl (C=O) groups is 2. The number of fused-ring (bicyclic) bond motifs is 3. The maximum Gasteiger partial charge on any atom is 0.407 e. The number of rotatable bonds is 10. The number of hydrogen-bond donors (Lipinski definition) is 2. The molecule has 2 heterocycles. The number of carbonyl (C=O) groups excluding carboxylic acids is 1. The first-order valence-electron chi connectivity index (χ1n) is 11.4. The zero-order chi connectivity index (χ0) is 24.9. The molecule has 0 bridgehead atoms. The van der Waals surface area contributed by atoms with Crippen LogP contribution in [0.2, 0.25) is 0 Å². The van der Waals surface area contributed by atoms with Crippen LogP contribution in [-0.2, 0) is 15.3 Å². The number of aliphatic carboxylic acids is 1. The summed E-state index contributed by atoms with van der Waals surface area (Å²) < 4.78 is 10.7. The fourth-order valence-corrected chi connectivity index (χ4v) is 5.71. The molecule has 0 fully saturated rings. The minimum absolute atomic E-state index is 0.0875. The van der Waals surface area contributed by atoms with Gasteiger partial charge in [0, 0.05) is 5.92 Å². The van der Waals surface area contributed by atoms with Crippen molar-refractivity contribution in [3.8, 4) is 21.8 Å². The summed E-state index contributed by atoms with van der Waals surface area (Å²) in [5.41, 5.74) is 4.46. The van der Waals surface area contributed by atoms with E-state index in [0.717, 1.165) is 27.1 Å². The number of alkyl carbamates (subject to hydrolysis) is 1. The van der Waals surface area contributed by atoms with Crippen LogP contribution in [0.25, 0.3) is 21.8 Å². The van der Waals surface area contributed by atoms with E-state index in [9.17, 15) is 14.7 Å². The molecule has 4 aromatic rings. The number of thiophene rings is 1. The highest BCUT2D eigenvalue weighted by atomic mass is 32.2. The van der Waals surface area contributed by atoms with Gasteiger partial charge in [-0.2, -0.15) is 16.7 Å². The lowest BCUT2D eigenvalue weighted by Crippen LogP contribution is -2.41. The third-order valence-electron chi connectivity index (χ3n) is 5.92. The van der Waals surface area contributed by atoms with Crippen LogP contribution >= 0.6 is 23.1 Å². The summed E-state index contributed by atoms with van der Waals surface area (Å²) in [6.07, 6.45) is -0.511. The van der Waals surface area contributed by atoms with E-state index in [0.29, 0.717) is 23.2 Å². The Kier molecular flexibility index (Phi) is 7.33. The van der Waals surface area contributed by atoms with Gasteiger partial charge in [-0.05, 0) is 45.9 Å². The third-order valence-corrected chi connectivity index (χ3v) is 7.76. The predicted octanol–water partition coefficient (Wildman–Crippen LogP) is 5.41. The predicted molar refractivity (Wildman–Crippen MR) is 138 cm³/mol. The van der Waals surface area contributed by atoms with Gasteiger partial charge in [-0.15, -0.1) is 11.3 Å². The molecule has 0 spiro atoms. The molecule has 0 aliphatic heterocycles. The van der Waals surface area contributed by atoms with Gasteiger partial charge in [0.1, 0.15) is 12.6 Å². The Morgan fingerprint density at radius 2 is 1.81 bits per heavy atom. The number of nitrogens with zero attached hydrogens (tertiary/aromatic N) is 2. The molecular formula is C26H23N3O5S2. The van der Waals surface area contributed by atoms with Crippen molar-refractivity contribution in [1.82, 2.24) is 15.5 Å². The Morgan fingerprint density at radius 1 is 1.08 bits per heavy atom. The van der Waals surface area contributed by atoms with E-state index >= 15 is 0 Å². The average Bonchev–Trinajstić information content (AvgIpc) is 3.64. The van der Waals surface area contributed by atoms with Gasteiger partial charge in [0.2, 0.25) is 11.7 Å². The molecule has 0 saturated carbocycles. The summed E-state index contributed by atoms with van der Waals surface area (Å²) in [5, 5.41) is 18.0. The van der Waals surface area contributed by atoms with Gasteiger partial charge in [-0.3, -0.25) is 0 Å². The Labute approximate surface area is 215 Å². The Balaban J connectivity index is 1.11. The topological polar surface area (TPSA) is 115 Å². The maximum atomic E-state index is 12.5. The van der Waals surface area contributed by atoms with E-state index in [1.165, 1.54) is 23.1 Å². The van der Waals surface area contributed by atoms with Gasteiger partial charge in [0.15, 0.2) is 0 Å². The van der Waals surface area contributed by atoms with Crippen LogP contribution < -0.4 is 5.32 Å². The largest absolute Gasteiger partial charge is 0.480 e. The van der Waals surface area contributed by atoms with Crippen LogP contribution in [0.1, 0.15) is 29.4 Å². The Bertz CT molecular complexity index is 1310. The summed E-state index contributed by atoms with van der Waals surface area (Å²) in [6, 6.07) is 18.9. The van der Waals surface area contributed by atoms with Crippen LogP contribution in [0.4, 0.5) is 4.79 Å². The lowest BCUT2D eigenvalue weighted by Gasteiger charge is -2.17. The molecule has 0 radical (unpaired) electrons. The molecule has 2 N–H and O–H groups in total. The summed E-state index contributed by atoms with van der Waals surface area (Å²) in [7, 11) is 0. The van der Waals surface area contributed by atoms with Crippen molar-refractivity contribution in [3.63, 3.8) is 0 Å². The molecule has 0 saturated heterocycles. The average molecular weight is 522 g/mol. The number of ether oxygens (including phenoxy) is 1. The van der Waals surface area contributed by atoms with Gasteiger partial charge < -0.3 is 19.7 Å². The molecular weight excluding hydrogens is 498 g/mol. The standard InChI is InChI=1S/C26H23N3O5S2/c30-25(31)21(11-13-35-15-23-28-24(29-34-23)22-10-5-12-36-22)27-26(32)33-14-20-18-8-3-1-6-16(18)17-7-2-4-9-19(17)20/h1-10,12,20-21H,11,13-15H2,(H,27,32)(H,30,31). The molecule has 36 heavy (non-hydrogen) atoms. The number of thioether (sulfide) groups is 1. The normalized spacial score (nSPS) is 13.1. The number of carboxylic acids is 1. The first-order valence-corrected chi connectivity index (χ1v) is 13.4. The first-order chi connectivity index (χ1) is 17.6. The Hall–Kier alpha value is -3.63. The first kappa shape index (κ1) is 24.1. The molecule has 1 aliphatic carbocycles. The lowest BCUT2D eigenvalue weighted by atomic mass is 9.98. The minimum atomic E-state index is -1.11. The van der Waals surface area contributed by atoms with Crippen LogP contribution in [0.15, 0.2) is 70.6 Å². The summed E-state index contributed by atoms with van der Waals surface area (Å²) in [4.78, 5) is 29.5. The lowest BCUT2D eigenvalue weighted by molar-refractivity contribution is -0.139. The van der Waals surface area contributed by atoms with Crippen molar-refractivity contribution in [1.29, 1.82) is 0 Å². The maximum absolute atomic E-state index is 12.5. The van der Waals surface area contributed by atoms with E-state index in [2.05, 4.69) is 27.6 Å². The monoisotopic (exact) mass is 521 g/mol. The summed E-state index contributed by atoms with van der Waals surface area (Å²) >= 11 is 2.99. The highest BCUT2D eigenvalue weighted by molar-refractivity contribution is 7.98. The van der Waals surface area contributed by atoms with Gasteiger partial charge >= 0.3 is 12.1 Å². The molecule has 1 atom stereocenters. The SMILES string of the molecule is O=C(NC(CCSCc1nc(-c2cccs2)no1)C(=O)O)OCC1c2ccccc2-c2ccccc21. The van der Waals surface area contributed by atoms with Crippen molar-refractivity contribution >= 4 is 35.2 Å². The fourth-order valence-electron chi connectivity index (χ4n) is 4.22. The van der Waals surface area contributed by atoms with E-state index < -0.39 is 18.1 Å². The molecule has 2 aromatic heterocycles. The van der Waals surface area contributed by atoms with Crippen LogP contribution in [0.5, 0.6) is 0 Å². The van der Waals surface area contributed by atoms with Gasteiger partial charge in [0.25, 0.3) is 0 Å². The molecule has 1 amide bonds. The third kappa shape index (κ3) is 5.29. The van der Waals surface area contributed by atoms with Crippen molar-refractivity contribution in [2.75, 3.05) is 12.4 Å². The summed E-state index contributed by atoms with van der Waals surface area (Å²) in [5.74, 6) is 0.755. The van der Waals surface area contributed by atoms with Crippen molar-refractivity contribution in [2.24, 2.45) is 0 Å². The number of benzene rings is 2. The second-order valence-electron chi connectivity index (χ2n) is 8.19. The molecule has 8 nitrogen and oxygen atoms in total. The molecule has 1 aliphatic rings. The van der Waals surface area contributed by atoms with Crippen LogP contribution in [-0.4, -0.2) is 45.7 Å². The van der Waals surface area contributed by atoms with E-state index in [1.54, 1.807) is 0 Å². The van der Waals surface area contributed by atoms with Crippen molar-refractivity contribution < 1.29 is 24.0 Å². The second kappa shape index (κ2) is 11.0. The van der Waals surface area contributed by atoms with Gasteiger partial charge in [-0.25, -0.2) is 9.59 Å². The number of aromatic nitrogens is 2. The number of hydrogen-bond acceptors (Lipinski definition) is 8.